The molecule has 2 N–H and O–H groups in total. The van der Waals surface area contributed by atoms with Crippen LogP contribution in [0.25, 0.3) is 0 Å². The van der Waals surface area contributed by atoms with Gasteiger partial charge in [-0.25, -0.2) is 0 Å². The molecule has 2 aromatic rings. The fraction of sp³-hybridized carbons (Fsp3) is 0.450. The minimum absolute atomic E-state index is 0.0690. The molecule has 7 heteroatoms. The Labute approximate surface area is 167 Å². The predicted molar refractivity (Wildman–Crippen MR) is 108 cm³/mol. The van der Waals surface area contributed by atoms with E-state index < -0.39 is 0 Å². The van der Waals surface area contributed by atoms with Crippen molar-refractivity contribution in [3.05, 3.63) is 51.3 Å². The quantitative estimate of drug-likeness (QED) is 0.752. The van der Waals surface area contributed by atoms with Gasteiger partial charge in [-0.3, -0.25) is 14.7 Å². The number of likely N-dealkylation sites (tertiary alicyclic amines) is 1. The highest BCUT2D eigenvalue weighted by molar-refractivity contribution is 9.10. The third-order valence-electron chi connectivity index (χ3n) is 4.80. The largest absolute Gasteiger partial charge is 0.347 e. The molecule has 27 heavy (non-hydrogen) atoms. The van der Waals surface area contributed by atoms with E-state index in [4.69, 9.17) is 0 Å². The summed E-state index contributed by atoms with van der Waals surface area (Å²) < 4.78 is 0.698. The van der Waals surface area contributed by atoms with Gasteiger partial charge in [0.15, 0.2) is 5.69 Å². The van der Waals surface area contributed by atoms with E-state index in [0.717, 1.165) is 37.2 Å². The number of hydrogen-bond donors (Lipinski definition) is 2. The lowest BCUT2D eigenvalue weighted by atomic mass is 10.1. The van der Waals surface area contributed by atoms with Gasteiger partial charge < -0.3 is 10.2 Å². The molecule has 1 aliphatic rings. The molecule has 6 nitrogen and oxygen atoms in total. The summed E-state index contributed by atoms with van der Waals surface area (Å²) in [4.78, 5) is 27.0. The summed E-state index contributed by atoms with van der Waals surface area (Å²) in [5.41, 5.74) is 2.81. The van der Waals surface area contributed by atoms with Crippen molar-refractivity contribution in [3.63, 3.8) is 0 Å². The van der Waals surface area contributed by atoms with Crippen molar-refractivity contribution in [2.24, 2.45) is 0 Å². The van der Waals surface area contributed by atoms with E-state index in [2.05, 4.69) is 31.4 Å². The highest BCUT2D eigenvalue weighted by Crippen LogP contribution is 2.25. The molecule has 0 bridgehead atoms. The fourth-order valence-corrected chi connectivity index (χ4v) is 4.05. The van der Waals surface area contributed by atoms with Crippen molar-refractivity contribution in [1.82, 2.24) is 20.4 Å². The van der Waals surface area contributed by atoms with Crippen LogP contribution in [0.15, 0.2) is 28.7 Å². The summed E-state index contributed by atoms with van der Waals surface area (Å²) >= 11 is 3.45. The number of rotatable bonds is 5. The van der Waals surface area contributed by atoms with Gasteiger partial charge >= 0.3 is 0 Å². The Balaban J connectivity index is 1.64. The number of hydrogen-bond acceptors (Lipinski definition) is 3. The van der Waals surface area contributed by atoms with Crippen LogP contribution in [0, 0.1) is 0 Å². The number of carbonyl (C=O) groups is 2. The van der Waals surface area contributed by atoms with Crippen LogP contribution in [-0.4, -0.2) is 40.0 Å². The first-order valence-electron chi connectivity index (χ1n) is 9.37. The molecule has 0 spiro atoms. The summed E-state index contributed by atoms with van der Waals surface area (Å²) in [6.07, 6.45) is 3.33. The van der Waals surface area contributed by atoms with Crippen LogP contribution in [0.2, 0.25) is 0 Å². The Bertz CT molecular complexity index is 825. The number of piperidine rings is 1. The van der Waals surface area contributed by atoms with Crippen molar-refractivity contribution in [3.8, 4) is 0 Å². The average molecular weight is 433 g/mol. The van der Waals surface area contributed by atoms with E-state index in [9.17, 15) is 9.59 Å². The van der Waals surface area contributed by atoms with Crippen LogP contribution < -0.4 is 5.32 Å². The van der Waals surface area contributed by atoms with Gasteiger partial charge in [-0.1, -0.05) is 26.0 Å². The number of carbonyl (C=O) groups excluding carboxylic acids is 2. The van der Waals surface area contributed by atoms with Gasteiger partial charge in [-0.2, -0.15) is 5.10 Å². The normalized spacial score (nSPS) is 14.4. The first kappa shape index (κ1) is 19.6. The number of aromatic amines is 1. The van der Waals surface area contributed by atoms with Crippen molar-refractivity contribution in [2.45, 2.75) is 45.6 Å². The van der Waals surface area contributed by atoms with Crippen LogP contribution in [0.3, 0.4) is 0 Å². The SMILES string of the molecule is CC(C)c1[nH]nc(C(=O)NCc2cccc(C(=O)N3CCCCC3)c2)c1Br. The van der Waals surface area contributed by atoms with Crippen LogP contribution in [0.1, 0.15) is 71.1 Å². The molecular weight excluding hydrogens is 408 g/mol. The number of nitrogens with zero attached hydrogens (tertiary/aromatic N) is 2. The Morgan fingerprint density at radius 1 is 1.26 bits per heavy atom. The van der Waals surface area contributed by atoms with E-state index in [1.165, 1.54) is 6.42 Å². The monoisotopic (exact) mass is 432 g/mol. The molecule has 1 aliphatic heterocycles. The number of H-pyrrole nitrogens is 1. The van der Waals surface area contributed by atoms with Crippen LogP contribution in [0.5, 0.6) is 0 Å². The smallest absolute Gasteiger partial charge is 0.273 e. The first-order chi connectivity index (χ1) is 13.0. The Kier molecular flexibility index (Phi) is 6.31. The molecule has 0 unspecified atom stereocenters. The van der Waals surface area contributed by atoms with Crippen molar-refractivity contribution < 1.29 is 9.59 Å². The van der Waals surface area contributed by atoms with Gasteiger partial charge in [0.05, 0.1) is 10.2 Å². The molecule has 144 valence electrons. The second-order valence-electron chi connectivity index (χ2n) is 7.19. The second kappa shape index (κ2) is 8.69. The van der Waals surface area contributed by atoms with Crippen LogP contribution in [0.4, 0.5) is 0 Å². The van der Waals surface area contributed by atoms with Crippen molar-refractivity contribution >= 4 is 27.7 Å². The molecule has 0 aliphatic carbocycles. The molecule has 1 aromatic heterocycles. The lowest BCUT2D eigenvalue weighted by Gasteiger charge is -2.26. The molecular formula is C20H25BrN4O2. The van der Waals surface area contributed by atoms with Crippen LogP contribution in [-0.2, 0) is 6.54 Å². The number of aromatic nitrogens is 2. The Hall–Kier alpha value is -2.15. The summed E-state index contributed by atoms with van der Waals surface area (Å²) in [6.45, 7) is 6.06. The maximum atomic E-state index is 12.6. The molecule has 1 aromatic carbocycles. The number of amides is 2. The number of halogens is 1. The molecule has 2 amide bonds. The molecule has 0 radical (unpaired) electrons. The zero-order valence-corrected chi connectivity index (χ0v) is 17.3. The zero-order chi connectivity index (χ0) is 19.4. The standard InChI is InChI=1S/C20H25BrN4O2/c1-13(2)17-16(21)18(24-23-17)19(26)22-12-14-7-6-8-15(11-14)20(27)25-9-4-3-5-10-25/h6-8,11,13H,3-5,9-10,12H2,1-2H3,(H,22,26)(H,23,24). The maximum absolute atomic E-state index is 12.6. The maximum Gasteiger partial charge on any atom is 0.273 e. The summed E-state index contributed by atoms with van der Waals surface area (Å²) in [5, 5.41) is 9.89. The summed E-state index contributed by atoms with van der Waals surface area (Å²) in [7, 11) is 0. The molecule has 1 fully saturated rings. The van der Waals surface area contributed by atoms with Gasteiger partial charge in [-0.05, 0) is 58.8 Å². The van der Waals surface area contributed by atoms with E-state index in [-0.39, 0.29) is 17.7 Å². The second-order valence-corrected chi connectivity index (χ2v) is 7.98. The molecule has 3 rings (SSSR count). The number of benzene rings is 1. The van der Waals surface area contributed by atoms with Crippen molar-refractivity contribution in [2.75, 3.05) is 13.1 Å². The summed E-state index contributed by atoms with van der Waals surface area (Å²) in [5.74, 6) is 0.0585. The lowest BCUT2D eigenvalue weighted by molar-refractivity contribution is 0.0724. The lowest BCUT2D eigenvalue weighted by Crippen LogP contribution is -2.35. The molecule has 0 saturated carbocycles. The van der Waals surface area contributed by atoms with E-state index in [1.54, 1.807) is 0 Å². The predicted octanol–water partition coefficient (Wildman–Crippen LogP) is 3.85. The van der Waals surface area contributed by atoms with Gasteiger partial charge in [-0.15, -0.1) is 0 Å². The van der Waals surface area contributed by atoms with Gasteiger partial charge in [0, 0.05) is 25.2 Å². The Morgan fingerprint density at radius 3 is 2.67 bits per heavy atom. The first-order valence-corrected chi connectivity index (χ1v) is 10.2. The Morgan fingerprint density at radius 2 is 2.00 bits per heavy atom. The van der Waals surface area contributed by atoms with E-state index >= 15 is 0 Å². The number of nitrogens with one attached hydrogen (secondary N) is 2. The third-order valence-corrected chi connectivity index (χ3v) is 5.60. The van der Waals surface area contributed by atoms with Crippen molar-refractivity contribution in [1.29, 1.82) is 0 Å². The highest BCUT2D eigenvalue weighted by Gasteiger charge is 2.20. The fourth-order valence-electron chi connectivity index (χ4n) is 3.23. The summed E-state index contributed by atoms with van der Waals surface area (Å²) in [6, 6.07) is 7.46. The van der Waals surface area contributed by atoms with Crippen LogP contribution >= 0.6 is 15.9 Å². The van der Waals surface area contributed by atoms with Gasteiger partial charge in [0.2, 0.25) is 0 Å². The van der Waals surface area contributed by atoms with E-state index in [1.807, 2.05) is 43.0 Å². The minimum Gasteiger partial charge on any atom is -0.347 e. The van der Waals surface area contributed by atoms with E-state index in [0.29, 0.717) is 22.3 Å². The highest BCUT2D eigenvalue weighted by atomic mass is 79.9. The average Bonchev–Trinajstić information content (AvgIpc) is 3.08. The molecule has 1 saturated heterocycles. The van der Waals surface area contributed by atoms with Gasteiger partial charge in [0.1, 0.15) is 0 Å². The van der Waals surface area contributed by atoms with Gasteiger partial charge in [0.25, 0.3) is 11.8 Å². The zero-order valence-electron chi connectivity index (χ0n) is 15.7. The molecule has 0 atom stereocenters. The minimum atomic E-state index is -0.252. The third kappa shape index (κ3) is 4.58. The topological polar surface area (TPSA) is 78.1 Å². The molecule has 2 heterocycles.